The highest BCUT2D eigenvalue weighted by Crippen LogP contribution is 2.18. The van der Waals surface area contributed by atoms with Crippen LogP contribution in [0.15, 0.2) is 4.99 Å². The van der Waals surface area contributed by atoms with Gasteiger partial charge in [-0.25, -0.2) is 5.84 Å². The van der Waals surface area contributed by atoms with Crippen LogP contribution in [0.3, 0.4) is 0 Å². The Bertz CT molecular complexity index is 220. The van der Waals surface area contributed by atoms with Crippen LogP contribution in [0.2, 0.25) is 0 Å². The molecule has 0 radical (unpaired) electrons. The van der Waals surface area contributed by atoms with Gasteiger partial charge in [0, 0.05) is 26.3 Å². The van der Waals surface area contributed by atoms with Gasteiger partial charge in [0.25, 0.3) is 0 Å². The van der Waals surface area contributed by atoms with Gasteiger partial charge in [0.2, 0.25) is 5.96 Å². The summed E-state index contributed by atoms with van der Waals surface area (Å²) < 4.78 is 10.2. The number of aliphatic imine (C=N–C) groups is 1. The number of rotatable bonds is 9. The van der Waals surface area contributed by atoms with E-state index in [-0.39, 0.29) is 0 Å². The van der Waals surface area contributed by atoms with Crippen LogP contribution in [0, 0.1) is 0 Å². The van der Waals surface area contributed by atoms with Gasteiger partial charge >= 0.3 is 0 Å². The van der Waals surface area contributed by atoms with E-state index in [0.29, 0.717) is 25.2 Å². The molecule has 6 nitrogen and oxygen atoms in total. The summed E-state index contributed by atoms with van der Waals surface area (Å²) in [6.07, 6.45) is 4.45. The molecule has 4 N–H and O–H groups in total. The second-order valence-corrected chi connectivity index (χ2v) is 4.11. The van der Waals surface area contributed by atoms with Gasteiger partial charge in [0.05, 0.1) is 13.2 Å². The molecule has 17 heavy (non-hydrogen) atoms. The molecule has 0 bridgehead atoms. The van der Waals surface area contributed by atoms with Crippen LogP contribution in [-0.2, 0) is 9.47 Å². The predicted octanol–water partition coefficient (Wildman–Crippen LogP) is 0.000900. The highest BCUT2D eigenvalue weighted by molar-refractivity contribution is 5.79. The van der Waals surface area contributed by atoms with E-state index in [1.165, 1.54) is 12.8 Å². The molecule has 0 unspecified atom stereocenters. The van der Waals surface area contributed by atoms with Crippen LogP contribution >= 0.6 is 0 Å². The van der Waals surface area contributed by atoms with Crippen molar-refractivity contribution >= 4 is 5.96 Å². The number of nitrogens with zero attached hydrogens (tertiary/aromatic N) is 1. The molecule has 1 aliphatic carbocycles. The Morgan fingerprint density at radius 3 is 2.76 bits per heavy atom. The Hall–Kier alpha value is -0.850. The predicted molar refractivity (Wildman–Crippen MR) is 67.7 cm³/mol. The highest BCUT2D eigenvalue weighted by atomic mass is 16.5. The number of hydrazine groups is 1. The first-order valence-corrected chi connectivity index (χ1v) is 6.21. The average Bonchev–Trinajstić information content (AvgIpc) is 3.15. The standard InChI is InChI=1S/C11H24N4O2/c1-16-8-9-17-7-3-2-6-13-11(15-12)14-10-4-5-10/h10H,2-9,12H2,1H3,(H2,13,14,15). The summed E-state index contributed by atoms with van der Waals surface area (Å²) in [7, 11) is 1.67. The number of ether oxygens (including phenoxy) is 2. The first-order valence-electron chi connectivity index (χ1n) is 6.21. The van der Waals surface area contributed by atoms with E-state index in [1.807, 2.05) is 0 Å². The van der Waals surface area contributed by atoms with Crippen LogP contribution in [0.5, 0.6) is 0 Å². The molecule has 1 fully saturated rings. The van der Waals surface area contributed by atoms with Gasteiger partial charge in [0.15, 0.2) is 0 Å². The Kier molecular flexibility index (Phi) is 7.70. The molecule has 100 valence electrons. The molecule has 6 heteroatoms. The molecule has 0 aromatic heterocycles. The molecule has 1 rings (SSSR count). The summed E-state index contributed by atoms with van der Waals surface area (Å²) in [6, 6.07) is 0.571. The summed E-state index contributed by atoms with van der Waals surface area (Å²) in [4.78, 5) is 4.35. The largest absolute Gasteiger partial charge is 0.382 e. The van der Waals surface area contributed by atoms with Crippen molar-refractivity contribution < 1.29 is 9.47 Å². The van der Waals surface area contributed by atoms with Gasteiger partial charge in [-0.15, -0.1) is 0 Å². The minimum atomic E-state index is 0.571. The van der Waals surface area contributed by atoms with Crippen molar-refractivity contribution in [2.75, 3.05) is 33.5 Å². The smallest absolute Gasteiger partial charge is 0.205 e. The molecular formula is C11H24N4O2. The maximum absolute atomic E-state index is 5.36. The lowest BCUT2D eigenvalue weighted by Crippen LogP contribution is -2.42. The van der Waals surface area contributed by atoms with Crippen LogP contribution in [0.1, 0.15) is 25.7 Å². The molecule has 0 heterocycles. The molecule has 1 saturated carbocycles. The molecule has 0 amide bonds. The number of unbranched alkanes of at least 4 members (excludes halogenated alkanes) is 1. The fourth-order valence-corrected chi connectivity index (χ4v) is 1.31. The van der Waals surface area contributed by atoms with Crippen LogP contribution in [0.25, 0.3) is 0 Å². The number of guanidine groups is 1. The minimum Gasteiger partial charge on any atom is -0.382 e. The van der Waals surface area contributed by atoms with E-state index in [9.17, 15) is 0 Å². The normalized spacial score (nSPS) is 16.0. The van der Waals surface area contributed by atoms with Gasteiger partial charge in [-0.2, -0.15) is 0 Å². The van der Waals surface area contributed by atoms with Gasteiger partial charge in [-0.1, -0.05) is 0 Å². The fourth-order valence-electron chi connectivity index (χ4n) is 1.31. The minimum absolute atomic E-state index is 0.571. The van der Waals surface area contributed by atoms with Gasteiger partial charge in [-0.3, -0.25) is 10.4 Å². The maximum atomic E-state index is 5.36. The van der Waals surface area contributed by atoms with Crippen molar-refractivity contribution in [3.05, 3.63) is 0 Å². The second kappa shape index (κ2) is 9.21. The lowest BCUT2D eigenvalue weighted by molar-refractivity contribution is 0.0690. The highest BCUT2D eigenvalue weighted by Gasteiger charge is 2.21. The van der Waals surface area contributed by atoms with Crippen molar-refractivity contribution in [3.63, 3.8) is 0 Å². The maximum Gasteiger partial charge on any atom is 0.205 e. The molecule has 0 aromatic carbocycles. The van der Waals surface area contributed by atoms with E-state index in [4.69, 9.17) is 15.3 Å². The first kappa shape index (κ1) is 14.2. The number of nitrogens with two attached hydrogens (primary N) is 1. The molecule has 0 saturated heterocycles. The third kappa shape index (κ3) is 7.95. The third-order valence-electron chi connectivity index (χ3n) is 2.45. The zero-order chi connectivity index (χ0) is 12.3. The lowest BCUT2D eigenvalue weighted by atomic mass is 10.3. The topological polar surface area (TPSA) is 80.9 Å². The lowest BCUT2D eigenvalue weighted by Gasteiger charge is -2.07. The van der Waals surface area contributed by atoms with Gasteiger partial charge in [-0.05, 0) is 25.7 Å². The summed E-state index contributed by atoms with van der Waals surface area (Å²) in [5.74, 6) is 6.06. The Morgan fingerprint density at radius 1 is 1.29 bits per heavy atom. The Morgan fingerprint density at radius 2 is 2.12 bits per heavy atom. The van der Waals surface area contributed by atoms with Gasteiger partial charge < -0.3 is 14.8 Å². The molecule has 0 atom stereocenters. The Labute approximate surface area is 103 Å². The zero-order valence-electron chi connectivity index (χ0n) is 10.6. The van der Waals surface area contributed by atoms with E-state index < -0.39 is 0 Å². The zero-order valence-corrected chi connectivity index (χ0v) is 10.6. The van der Waals surface area contributed by atoms with Crippen LogP contribution in [0.4, 0.5) is 0 Å². The van der Waals surface area contributed by atoms with Crippen molar-refractivity contribution in [3.8, 4) is 0 Å². The molecule has 0 aromatic rings. The first-order chi connectivity index (χ1) is 8.36. The molecular weight excluding hydrogens is 220 g/mol. The van der Waals surface area contributed by atoms with Crippen molar-refractivity contribution in [2.45, 2.75) is 31.7 Å². The van der Waals surface area contributed by atoms with E-state index >= 15 is 0 Å². The van der Waals surface area contributed by atoms with Crippen molar-refractivity contribution in [1.82, 2.24) is 10.7 Å². The summed E-state index contributed by atoms with van der Waals surface area (Å²) in [6.45, 7) is 2.86. The van der Waals surface area contributed by atoms with E-state index in [1.54, 1.807) is 7.11 Å². The third-order valence-corrected chi connectivity index (χ3v) is 2.45. The average molecular weight is 244 g/mol. The second-order valence-electron chi connectivity index (χ2n) is 4.11. The number of hydrogen-bond acceptors (Lipinski definition) is 4. The van der Waals surface area contributed by atoms with E-state index in [0.717, 1.165) is 26.0 Å². The van der Waals surface area contributed by atoms with Crippen LogP contribution in [-0.4, -0.2) is 45.5 Å². The monoisotopic (exact) mass is 244 g/mol. The van der Waals surface area contributed by atoms with Crippen molar-refractivity contribution in [1.29, 1.82) is 0 Å². The van der Waals surface area contributed by atoms with E-state index in [2.05, 4.69) is 15.7 Å². The molecule has 1 aliphatic rings. The number of hydrogen-bond donors (Lipinski definition) is 3. The summed E-state index contributed by atoms with van der Waals surface area (Å²) in [5.41, 5.74) is 2.58. The number of nitrogens with one attached hydrogen (secondary N) is 2. The summed E-state index contributed by atoms with van der Waals surface area (Å²) in [5, 5.41) is 3.23. The molecule has 0 spiro atoms. The fraction of sp³-hybridized carbons (Fsp3) is 0.909. The van der Waals surface area contributed by atoms with Gasteiger partial charge in [0.1, 0.15) is 0 Å². The summed E-state index contributed by atoms with van der Waals surface area (Å²) >= 11 is 0. The quantitative estimate of drug-likeness (QED) is 0.175. The SMILES string of the molecule is COCCOCCCCN=C(NN)NC1CC1. The number of methoxy groups -OCH3 is 1. The molecule has 0 aliphatic heterocycles. The van der Waals surface area contributed by atoms with Crippen LogP contribution < -0.4 is 16.6 Å². The Balaban J connectivity index is 1.91. The van der Waals surface area contributed by atoms with Crippen molar-refractivity contribution in [2.24, 2.45) is 10.8 Å².